The Hall–Kier alpha value is -2.18. The minimum Gasteiger partial charge on any atom is -0.395 e. The summed E-state index contributed by atoms with van der Waals surface area (Å²) >= 11 is 0. The molecule has 1 amide bonds. The van der Waals surface area contributed by atoms with Crippen molar-refractivity contribution >= 4 is 15.7 Å². The topological polar surface area (TPSA) is 83.5 Å². The summed E-state index contributed by atoms with van der Waals surface area (Å²) in [5, 5.41) is 11.6. The van der Waals surface area contributed by atoms with E-state index in [1.165, 1.54) is 17.7 Å². The number of sulfone groups is 1. The van der Waals surface area contributed by atoms with Gasteiger partial charge in [0.05, 0.1) is 17.3 Å². The van der Waals surface area contributed by atoms with Crippen molar-refractivity contribution in [3.63, 3.8) is 0 Å². The Morgan fingerprint density at radius 3 is 2.12 bits per heavy atom. The van der Waals surface area contributed by atoms with Gasteiger partial charge in [0.25, 0.3) is 0 Å². The lowest BCUT2D eigenvalue weighted by Gasteiger charge is -2.07. The predicted molar refractivity (Wildman–Crippen MR) is 102 cm³/mol. The lowest BCUT2D eigenvalue weighted by atomic mass is 10.1. The van der Waals surface area contributed by atoms with Gasteiger partial charge < -0.3 is 10.4 Å². The van der Waals surface area contributed by atoms with Gasteiger partial charge in [-0.2, -0.15) is 0 Å². The summed E-state index contributed by atoms with van der Waals surface area (Å²) in [5.74, 6) is -0.330. The van der Waals surface area contributed by atoms with Crippen LogP contribution in [-0.4, -0.2) is 31.8 Å². The third-order valence-electron chi connectivity index (χ3n) is 4.20. The van der Waals surface area contributed by atoms with Crippen molar-refractivity contribution in [3.05, 3.63) is 65.2 Å². The summed E-state index contributed by atoms with van der Waals surface area (Å²) in [6.07, 6.45) is 2.10. The number of carbonyl (C=O) groups excluding carboxylic acids is 1. The average Bonchev–Trinajstić information content (AvgIpc) is 2.65. The zero-order valence-corrected chi connectivity index (χ0v) is 15.8. The second-order valence-electron chi connectivity index (χ2n) is 6.13. The Bertz CT molecular complexity index is 812. The molecule has 26 heavy (non-hydrogen) atoms. The van der Waals surface area contributed by atoms with Crippen molar-refractivity contribution in [2.75, 3.05) is 12.4 Å². The van der Waals surface area contributed by atoms with E-state index >= 15 is 0 Å². The fourth-order valence-corrected chi connectivity index (χ4v) is 3.57. The van der Waals surface area contributed by atoms with E-state index in [4.69, 9.17) is 5.11 Å². The van der Waals surface area contributed by atoms with Crippen molar-refractivity contribution in [2.24, 2.45) is 0 Å². The highest BCUT2D eigenvalue weighted by molar-refractivity contribution is 7.91. The molecule has 0 radical (unpaired) electrons. The zero-order chi connectivity index (χ0) is 19.0. The maximum absolute atomic E-state index is 12.0. The monoisotopic (exact) mass is 375 g/mol. The SMILES string of the molecule is CCc1ccc(CCC(=O)NCc2ccc(S(=O)(=O)CCO)cc2)cc1. The highest BCUT2D eigenvalue weighted by atomic mass is 32.2. The van der Waals surface area contributed by atoms with Crippen LogP contribution in [0.25, 0.3) is 0 Å². The summed E-state index contributed by atoms with van der Waals surface area (Å²) < 4.78 is 23.7. The lowest BCUT2D eigenvalue weighted by Crippen LogP contribution is -2.23. The highest BCUT2D eigenvalue weighted by Crippen LogP contribution is 2.12. The van der Waals surface area contributed by atoms with Gasteiger partial charge in [-0.25, -0.2) is 8.42 Å². The van der Waals surface area contributed by atoms with Crippen molar-refractivity contribution in [3.8, 4) is 0 Å². The largest absolute Gasteiger partial charge is 0.395 e. The van der Waals surface area contributed by atoms with E-state index in [-0.39, 0.29) is 16.6 Å². The molecule has 0 aliphatic rings. The van der Waals surface area contributed by atoms with E-state index in [2.05, 4.69) is 36.5 Å². The second kappa shape index (κ2) is 9.50. The first-order chi connectivity index (χ1) is 12.4. The van der Waals surface area contributed by atoms with Gasteiger partial charge in [0.1, 0.15) is 0 Å². The van der Waals surface area contributed by atoms with Gasteiger partial charge in [-0.15, -0.1) is 0 Å². The molecule has 0 aliphatic carbocycles. The van der Waals surface area contributed by atoms with E-state index in [0.29, 0.717) is 19.4 Å². The van der Waals surface area contributed by atoms with Crippen LogP contribution < -0.4 is 5.32 Å². The summed E-state index contributed by atoms with van der Waals surface area (Å²) in [6, 6.07) is 14.6. The van der Waals surface area contributed by atoms with E-state index in [1.807, 2.05) is 0 Å². The minimum atomic E-state index is -3.44. The molecule has 140 valence electrons. The Morgan fingerprint density at radius 1 is 0.962 bits per heavy atom. The van der Waals surface area contributed by atoms with Gasteiger partial charge in [0.2, 0.25) is 5.91 Å². The molecule has 6 heteroatoms. The van der Waals surface area contributed by atoms with Crippen LogP contribution >= 0.6 is 0 Å². The van der Waals surface area contributed by atoms with E-state index in [0.717, 1.165) is 17.5 Å². The minimum absolute atomic E-state index is 0.0402. The maximum Gasteiger partial charge on any atom is 0.220 e. The Kier molecular flexibility index (Phi) is 7.36. The van der Waals surface area contributed by atoms with Gasteiger partial charge in [0.15, 0.2) is 9.84 Å². The molecule has 2 aromatic carbocycles. The Labute approximate surface area is 155 Å². The van der Waals surface area contributed by atoms with Crippen LogP contribution in [0.2, 0.25) is 0 Å². The molecule has 0 saturated carbocycles. The molecule has 0 bridgehead atoms. The van der Waals surface area contributed by atoms with Crippen molar-refractivity contribution < 1.29 is 18.3 Å². The van der Waals surface area contributed by atoms with Crippen LogP contribution in [0.1, 0.15) is 30.0 Å². The molecule has 0 saturated heterocycles. The van der Waals surface area contributed by atoms with Crippen molar-refractivity contribution in [1.29, 1.82) is 0 Å². The number of amides is 1. The van der Waals surface area contributed by atoms with Crippen molar-refractivity contribution in [1.82, 2.24) is 5.32 Å². The molecule has 0 fully saturated rings. The molecule has 0 spiro atoms. The molecule has 0 aromatic heterocycles. The summed E-state index contributed by atoms with van der Waals surface area (Å²) in [6.45, 7) is 2.06. The number of nitrogens with one attached hydrogen (secondary N) is 1. The van der Waals surface area contributed by atoms with Crippen molar-refractivity contribution in [2.45, 2.75) is 37.6 Å². The van der Waals surface area contributed by atoms with Crippen LogP contribution in [0.5, 0.6) is 0 Å². The zero-order valence-electron chi connectivity index (χ0n) is 14.9. The normalized spacial score (nSPS) is 11.3. The van der Waals surface area contributed by atoms with Crippen LogP contribution in [0.4, 0.5) is 0 Å². The number of hydrogen-bond acceptors (Lipinski definition) is 4. The van der Waals surface area contributed by atoms with Crippen LogP contribution in [-0.2, 0) is 34.0 Å². The number of rotatable bonds is 9. The summed E-state index contributed by atoms with van der Waals surface area (Å²) in [7, 11) is -3.44. The number of aliphatic hydroxyl groups excluding tert-OH is 1. The fourth-order valence-electron chi connectivity index (χ4n) is 2.54. The van der Waals surface area contributed by atoms with Gasteiger partial charge in [0, 0.05) is 13.0 Å². The Balaban J connectivity index is 1.81. The third kappa shape index (κ3) is 5.97. The van der Waals surface area contributed by atoms with Gasteiger partial charge >= 0.3 is 0 Å². The first-order valence-electron chi connectivity index (χ1n) is 8.71. The molecule has 0 aliphatic heterocycles. The maximum atomic E-state index is 12.0. The average molecular weight is 375 g/mol. The molecular formula is C20H25NO4S. The number of hydrogen-bond donors (Lipinski definition) is 2. The Morgan fingerprint density at radius 2 is 1.54 bits per heavy atom. The summed E-state index contributed by atoms with van der Waals surface area (Å²) in [5.41, 5.74) is 3.24. The first kappa shape index (κ1) is 20.1. The van der Waals surface area contributed by atoms with Gasteiger partial charge in [-0.3, -0.25) is 4.79 Å². The van der Waals surface area contributed by atoms with Gasteiger partial charge in [-0.1, -0.05) is 43.3 Å². The lowest BCUT2D eigenvalue weighted by molar-refractivity contribution is -0.121. The fraction of sp³-hybridized carbons (Fsp3) is 0.350. The molecule has 2 N–H and O–H groups in total. The molecule has 0 unspecified atom stereocenters. The molecule has 0 heterocycles. The molecule has 5 nitrogen and oxygen atoms in total. The molecule has 2 rings (SSSR count). The van der Waals surface area contributed by atoms with E-state index in [1.54, 1.807) is 12.1 Å². The standard InChI is InChI=1S/C20H25NO4S/c1-2-16-3-5-17(6-4-16)9-12-20(23)21-15-18-7-10-19(11-8-18)26(24,25)14-13-22/h3-8,10-11,22H,2,9,12-15H2,1H3,(H,21,23). The third-order valence-corrected chi connectivity index (χ3v) is 5.91. The number of benzene rings is 2. The van der Waals surface area contributed by atoms with Crippen LogP contribution in [0.3, 0.4) is 0 Å². The number of aliphatic hydroxyl groups is 1. The van der Waals surface area contributed by atoms with Crippen LogP contribution in [0, 0.1) is 0 Å². The molecular weight excluding hydrogens is 350 g/mol. The quantitative estimate of drug-likeness (QED) is 0.704. The number of aryl methyl sites for hydroxylation is 2. The second-order valence-corrected chi connectivity index (χ2v) is 8.24. The highest BCUT2D eigenvalue weighted by Gasteiger charge is 2.13. The molecule has 2 aromatic rings. The van der Waals surface area contributed by atoms with E-state index < -0.39 is 16.4 Å². The summed E-state index contributed by atoms with van der Waals surface area (Å²) in [4.78, 5) is 12.2. The number of carbonyl (C=O) groups is 1. The van der Waals surface area contributed by atoms with Crippen LogP contribution in [0.15, 0.2) is 53.4 Å². The smallest absolute Gasteiger partial charge is 0.220 e. The van der Waals surface area contributed by atoms with Gasteiger partial charge in [-0.05, 0) is 41.7 Å². The first-order valence-corrected chi connectivity index (χ1v) is 10.4. The van der Waals surface area contributed by atoms with E-state index in [9.17, 15) is 13.2 Å². The predicted octanol–water partition coefficient (Wildman–Crippen LogP) is 2.26. The molecule has 0 atom stereocenters.